The maximum absolute atomic E-state index is 12.3. The van der Waals surface area contributed by atoms with Crippen LogP contribution in [0.25, 0.3) is 0 Å². The molecule has 0 bridgehead atoms. The summed E-state index contributed by atoms with van der Waals surface area (Å²) < 4.78 is 37.4. The van der Waals surface area contributed by atoms with Crippen molar-refractivity contribution in [3.05, 3.63) is 40.6 Å². The smallest absolute Gasteiger partial charge is 0.240 e. The lowest BCUT2D eigenvalue weighted by atomic mass is 10.3. The molecule has 1 N–H and O–H groups in total. The van der Waals surface area contributed by atoms with Crippen LogP contribution in [-0.4, -0.2) is 34.9 Å². The Labute approximate surface area is 145 Å². The van der Waals surface area contributed by atoms with Crippen LogP contribution < -0.4 is 14.2 Å². The molecule has 2 rings (SSSR count). The Morgan fingerprint density at radius 3 is 2.61 bits per heavy atom. The lowest BCUT2D eigenvalue weighted by Gasteiger charge is -2.11. The largest absolute Gasteiger partial charge is 0.493 e. The fraction of sp³-hybridized carbons (Fsp3) is 0.333. The Morgan fingerprint density at radius 2 is 1.96 bits per heavy atom. The van der Waals surface area contributed by atoms with E-state index in [1.54, 1.807) is 29.2 Å². The summed E-state index contributed by atoms with van der Waals surface area (Å²) in [6, 6.07) is 8.63. The monoisotopic (exact) mass is 373 g/mol. The van der Waals surface area contributed by atoms with Gasteiger partial charge in [-0.2, -0.15) is 11.8 Å². The molecular weight excluding hydrogens is 354 g/mol. The van der Waals surface area contributed by atoms with Crippen LogP contribution in [-0.2, 0) is 15.8 Å². The minimum absolute atomic E-state index is 0.165. The Bertz CT molecular complexity index is 714. The average Bonchev–Trinajstić information content (AvgIpc) is 3.07. The highest BCUT2D eigenvalue weighted by molar-refractivity contribution is 7.98. The summed E-state index contributed by atoms with van der Waals surface area (Å²) in [5.41, 5.74) is 0. The third-order valence-electron chi connectivity index (χ3n) is 3.03. The Hall–Kier alpha value is -1.22. The summed E-state index contributed by atoms with van der Waals surface area (Å²) in [5, 5.41) is 2.04. The first kappa shape index (κ1) is 18.1. The van der Waals surface area contributed by atoms with E-state index >= 15 is 0 Å². The first-order chi connectivity index (χ1) is 11.1. The van der Waals surface area contributed by atoms with Gasteiger partial charge in [-0.05, 0) is 23.6 Å². The van der Waals surface area contributed by atoms with Gasteiger partial charge < -0.3 is 9.47 Å². The van der Waals surface area contributed by atoms with E-state index < -0.39 is 10.0 Å². The quantitative estimate of drug-likeness (QED) is 0.685. The summed E-state index contributed by atoms with van der Waals surface area (Å²) in [7, 11) is -0.564. The van der Waals surface area contributed by atoms with Gasteiger partial charge in [0.15, 0.2) is 11.5 Å². The first-order valence-electron chi connectivity index (χ1n) is 6.88. The molecule has 0 aliphatic carbocycles. The summed E-state index contributed by atoms with van der Waals surface area (Å²) in [5.74, 6) is 2.50. The highest BCUT2D eigenvalue weighted by Crippen LogP contribution is 2.29. The van der Waals surface area contributed by atoms with E-state index in [0.29, 0.717) is 23.8 Å². The fourth-order valence-corrected chi connectivity index (χ4v) is 4.76. The normalized spacial score (nSPS) is 11.4. The van der Waals surface area contributed by atoms with Gasteiger partial charge in [0.2, 0.25) is 10.0 Å². The van der Waals surface area contributed by atoms with Crippen molar-refractivity contribution in [3.63, 3.8) is 0 Å². The van der Waals surface area contributed by atoms with Crippen molar-refractivity contribution in [2.45, 2.75) is 10.6 Å². The zero-order valence-corrected chi connectivity index (χ0v) is 15.4. The van der Waals surface area contributed by atoms with Crippen LogP contribution in [0.5, 0.6) is 11.5 Å². The van der Waals surface area contributed by atoms with Crippen molar-refractivity contribution in [2.24, 2.45) is 0 Å². The molecule has 126 valence electrons. The van der Waals surface area contributed by atoms with E-state index in [1.807, 2.05) is 11.4 Å². The van der Waals surface area contributed by atoms with E-state index in [2.05, 4.69) is 10.8 Å². The summed E-state index contributed by atoms with van der Waals surface area (Å²) in [6.45, 7) is 0.382. The number of sulfonamides is 1. The Morgan fingerprint density at radius 1 is 1.17 bits per heavy atom. The second-order valence-electron chi connectivity index (χ2n) is 4.55. The topological polar surface area (TPSA) is 64.6 Å². The van der Waals surface area contributed by atoms with Crippen LogP contribution in [0, 0.1) is 0 Å². The fourth-order valence-electron chi connectivity index (χ4n) is 1.88. The van der Waals surface area contributed by atoms with Crippen LogP contribution in [0.2, 0.25) is 0 Å². The molecule has 5 nitrogen and oxygen atoms in total. The van der Waals surface area contributed by atoms with Crippen LogP contribution in [0.3, 0.4) is 0 Å². The molecule has 2 aromatic rings. The Kier molecular flexibility index (Phi) is 6.76. The number of thiophene rings is 1. The minimum atomic E-state index is -3.55. The number of rotatable bonds is 9. The Balaban J connectivity index is 1.88. The highest BCUT2D eigenvalue weighted by Gasteiger charge is 2.16. The number of nitrogens with one attached hydrogen (secondary N) is 1. The van der Waals surface area contributed by atoms with Crippen LogP contribution in [0.1, 0.15) is 4.88 Å². The molecule has 0 saturated heterocycles. The zero-order chi connectivity index (χ0) is 16.7. The van der Waals surface area contributed by atoms with E-state index in [-0.39, 0.29) is 4.90 Å². The standard InChI is InChI=1S/C15H19NO4S3/c1-19-14-6-5-13(10-15(14)20-2)23(17,18)16-7-9-21-11-12-4-3-8-22-12/h3-6,8,10,16H,7,9,11H2,1-2H3. The molecule has 23 heavy (non-hydrogen) atoms. The number of benzene rings is 1. The number of ether oxygens (including phenoxy) is 2. The lowest BCUT2D eigenvalue weighted by molar-refractivity contribution is 0.354. The molecule has 0 saturated carbocycles. The molecule has 1 aromatic carbocycles. The highest BCUT2D eigenvalue weighted by atomic mass is 32.2. The predicted molar refractivity (Wildman–Crippen MR) is 95.2 cm³/mol. The molecule has 8 heteroatoms. The lowest BCUT2D eigenvalue weighted by Crippen LogP contribution is -2.26. The van der Waals surface area contributed by atoms with Gasteiger partial charge in [-0.3, -0.25) is 0 Å². The third-order valence-corrected chi connectivity index (χ3v) is 6.55. The molecular formula is C15H19NO4S3. The maximum Gasteiger partial charge on any atom is 0.240 e. The van der Waals surface area contributed by atoms with Crippen LogP contribution in [0.4, 0.5) is 0 Å². The molecule has 0 amide bonds. The molecule has 0 unspecified atom stereocenters. The van der Waals surface area contributed by atoms with E-state index in [1.165, 1.54) is 31.2 Å². The van der Waals surface area contributed by atoms with Crippen LogP contribution >= 0.6 is 23.1 Å². The SMILES string of the molecule is COc1ccc(S(=O)(=O)NCCSCc2cccs2)cc1OC. The average molecular weight is 374 g/mol. The zero-order valence-electron chi connectivity index (χ0n) is 12.9. The third kappa shape index (κ3) is 5.13. The second-order valence-corrected chi connectivity index (χ2v) is 8.45. The number of thioether (sulfide) groups is 1. The first-order valence-corrected chi connectivity index (χ1v) is 10.4. The van der Waals surface area contributed by atoms with Gasteiger partial charge in [0.05, 0.1) is 19.1 Å². The van der Waals surface area contributed by atoms with Crippen molar-refractivity contribution < 1.29 is 17.9 Å². The molecule has 1 heterocycles. The maximum atomic E-state index is 12.3. The molecule has 0 aliphatic rings. The van der Waals surface area contributed by atoms with Crippen molar-refractivity contribution in [2.75, 3.05) is 26.5 Å². The summed E-state index contributed by atoms with van der Waals surface area (Å²) in [6.07, 6.45) is 0. The van der Waals surface area contributed by atoms with Crippen molar-refractivity contribution in [1.82, 2.24) is 4.72 Å². The minimum Gasteiger partial charge on any atom is -0.493 e. The molecule has 0 radical (unpaired) electrons. The van der Waals surface area contributed by atoms with Crippen molar-refractivity contribution in [1.29, 1.82) is 0 Å². The number of hydrogen-bond donors (Lipinski definition) is 1. The van der Waals surface area contributed by atoms with Crippen LogP contribution in [0.15, 0.2) is 40.6 Å². The van der Waals surface area contributed by atoms with E-state index in [0.717, 1.165) is 5.75 Å². The molecule has 0 aliphatic heterocycles. The predicted octanol–water partition coefficient (Wildman–Crippen LogP) is 2.98. The van der Waals surface area contributed by atoms with Gasteiger partial charge >= 0.3 is 0 Å². The van der Waals surface area contributed by atoms with Crippen molar-refractivity contribution in [3.8, 4) is 11.5 Å². The molecule has 1 aromatic heterocycles. The van der Waals surface area contributed by atoms with Gasteiger partial charge in [0.25, 0.3) is 0 Å². The second kappa shape index (κ2) is 8.58. The van der Waals surface area contributed by atoms with Gasteiger partial charge in [-0.1, -0.05) is 6.07 Å². The number of hydrogen-bond acceptors (Lipinski definition) is 6. The molecule has 0 spiro atoms. The van der Waals surface area contributed by atoms with Gasteiger partial charge in [-0.25, -0.2) is 13.1 Å². The summed E-state index contributed by atoms with van der Waals surface area (Å²) >= 11 is 3.41. The summed E-state index contributed by atoms with van der Waals surface area (Å²) in [4.78, 5) is 1.45. The van der Waals surface area contributed by atoms with E-state index in [9.17, 15) is 8.42 Å². The van der Waals surface area contributed by atoms with E-state index in [4.69, 9.17) is 9.47 Å². The van der Waals surface area contributed by atoms with Gasteiger partial charge in [-0.15, -0.1) is 11.3 Å². The molecule has 0 atom stereocenters. The molecule has 0 fully saturated rings. The van der Waals surface area contributed by atoms with Crippen molar-refractivity contribution >= 4 is 33.1 Å². The number of methoxy groups -OCH3 is 2. The van der Waals surface area contributed by atoms with Gasteiger partial charge in [0, 0.05) is 29.0 Å². The van der Waals surface area contributed by atoms with Gasteiger partial charge in [0.1, 0.15) is 0 Å².